The number of hydrogen-bond donors (Lipinski definition) is 0. The molecule has 0 spiro atoms. The van der Waals surface area contributed by atoms with Crippen LogP contribution in [0.4, 0.5) is 0 Å². The molecule has 0 aliphatic heterocycles. The van der Waals surface area contributed by atoms with Crippen LogP contribution in [0, 0.1) is 17.2 Å². The van der Waals surface area contributed by atoms with Crippen LogP contribution in [0.2, 0.25) is 0 Å². The number of nitrogens with zero attached hydrogens (tertiary/aromatic N) is 1. The van der Waals surface area contributed by atoms with Gasteiger partial charge < -0.3 is 4.74 Å². The molecule has 1 saturated carbocycles. The Morgan fingerprint density at radius 3 is 2.47 bits per heavy atom. The molecule has 1 fully saturated rings. The molecule has 2 nitrogen and oxygen atoms in total. The minimum atomic E-state index is 0.666. The van der Waals surface area contributed by atoms with Crippen molar-refractivity contribution in [3.05, 3.63) is 47.5 Å². The van der Waals surface area contributed by atoms with Crippen molar-refractivity contribution >= 4 is 0 Å². The predicted molar refractivity (Wildman–Crippen MR) is 76.9 cm³/mol. The summed E-state index contributed by atoms with van der Waals surface area (Å²) in [4.78, 5) is 0. The molecule has 1 aromatic rings. The SMILES string of the molecule is COC/C=C/[C@H]1CC[C@H](c2ccc(C#N)cc2)CC1. The van der Waals surface area contributed by atoms with Crippen LogP contribution >= 0.6 is 0 Å². The average molecular weight is 255 g/mol. The van der Waals surface area contributed by atoms with E-state index in [0.717, 1.165) is 12.2 Å². The molecular formula is C17H21NO. The van der Waals surface area contributed by atoms with Gasteiger partial charge in [-0.25, -0.2) is 0 Å². The Morgan fingerprint density at radius 1 is 1.21 bits per heavy atom. The van der Waals surface area contributed by atoms with E-state index >= 15 is 0 Å². The van der Waals surface area contributed by atoms with Gasteiger partial charge in [-0.15, -0.1) is 0 Å². The normalized spacial score (nSPS) is 23.4. The van der Waals surface area contributed by atoms with Gasteiger partial charge >= 0.3 is 0 Å². The fourth-order valence-corrected chi connectivity index (χ4v) is 2.82. The Bertz CT molecular complexity index is 447. The highest BCUT2D eigenvalue weighted by Crippen LogP contribution is 2.36. The number of nitriles is 1. The van der Waals surface area contributed by atoms with Crippen molar-refractivity contribution in [2.45, 2.75) is 31.6 Å². The lowest BCUT2D eigenvalue weighted by molar-refractivity contribution is 0.233. The van der Waals surface area contributed by atoms with Crippen LogP contribution in [0.3, 0.4) is 0 Å². The molecule has 0 unspecified atom stereocenters. The summed E-state index contributed by atoms with van der Waals surface area (Å²) in [5, 5.41) is 8.81. The second-order valence-electron chi connectivity index (χ2n) is 5.23. The first kappa shape index (κ1) is 13.8. The lowest BCUT2D eigenvalue weighted by Crippen LogP contribution is -2.11. The Balaban J connectivity index is 1.87. The van der Waals surface area contributed by atoms with E-state index in [9.17, 15) is 0 Å². The standard InChI is InChI=1S/C17H21NO/c1-19-12-2-3-14-4-8-16(9-5-14)17-10-6-15(13-18)7-11-17/h2-3,6-7,10-11,14,16H,4-5,8-9,12H2,1H3/b3-2+/t14-,16-. The number of rotatable bonds is 4. The van der Waals surface area contributed by atoms with Crippen molar-refractivity contribution in [3.8, 4) is 6.07 Å². The van der Waals surface area contributed by atoms with Crippen molar-refractivity contribution in [1.82, 2.24) is 0 Å². The summed E-state index contributed by atoms with van der Waals surface area (Å²) in [6.45, 7) is 0.718. The first-order valence-electron chi connectivity index (χ1n) is 6.99. The zero-order chi connectivity index (χ0) is 13.5. The number of allylic oxidation sites excluding steroid dienone is 1. The van der Waals surface area contributed by atoms with Crippen LogP contribution in [-0.4, -0.2) is 13.7 Å². The molecule has 2 heteroatoms. The van der Waals surface area contributed by atoms with Gasteiger partial charge in [0, 0.05) is 7.11 Å². The molecule has 0 bridgehead atoms. The monoisotopic (exact) mass is 255 g/mol. The zero-order valence-electron chi connectivity index (χ0n) is 11.5. The minimum Gasteiger partial charge on any atom is -0.381 e. The highest BCUT2D eigenvalue weighted by Gasteiger charge is 2.20. The number of ether oxygens (including phenoxy) is 1. The lowest BCUT2D eigenvalue weighted by atomic mass is 9.78. The summed E-state index contributed by atoms with van der Waals surface area (Å²) in [7, 11) is 1.73. The summed E-state index contributed by atoms with van der Waals surface area (Å²) in [5.41, 5.74) is 2.14. The topological polar surface area (TPSA) is 33.0 Å². The van der Waals surface area contributed by atoms with Gasteiger partial charge in [-0.05, 0) is 55.2 Å². The zero-order valence-corrected chi connectivity index (χ0v) is 11.5. The molecule has 1 aromatic carbocycles. The molecule has 0 amide bonds. The maximum Gasteiger partial charge on any atom is 0.0991 e. The Hall–Kier alpha value is -1.59. The Labute approximate surface area is 115 Å². The lowest BCUT2D eigenvalue weighted by Gasteiger charge is -2.27. The van der Waals surface area contributed by atoms with Crippen molar-refractivity contribution < 1.29 is 4.74 Å². The number of hydrogen-bond acceptors (Lipinski definition) is 2. The van der Waals surface area contributed by atoms with Crippen LogP contribution in [0.15, 0.2) is 36.4 Å². The summed E-state index contributed by atoms with van der Waals surface area (Å²) in [5.74, 6) is 1.38. The van der Waals surface area contributed by atoms with Gasteiger partial charge in [-0.2, -0.15) is 5.26 Å². The van der Waals surface area contributed by atoms with Gasteiger partial charge in [0.1, 0.15) is 0 Å². The molecule has 100 valence electrons. The molecule has 2 rings (SSSR count). The third kappa shape index (κ3) is 3.94. The second-order valence-corrected chi connectivity index (χ2v) is 5.23. The summed E-state index contributed by atoms with van der Waals surface area (Å²) in [6, 6.07) is 10.3. The minimum absolute atomic E-state index is 0.666. The van der Waals surface area contributed by atoms with Crippen molar-refractivity contribution in [3.63, 3.8) is 0 Å². The molecule has 0 atom stereocenters. The Morgan fingerprint density at radius 2 is 1.89 bits per heavy atom. The van der Waals surface area contributed by atoms with Gasteiger partial charge in [0.2, 0.25) is 0 Å². The highest BCUT2D eigenvalue weighted by atomic mass is 16.5. The van der Waals surface area contributed by atoms with Gasteiger partial charge in [0.05, 0.1) is 18.2 Å². The van der Waals surface area contributed by atoms with E-state index in [2.05, 4.69) is 30.4 Å². The number of methoxy groups -OCH3 is 1. The van der Waals surface area contributed by atoms with Gasteiger partial charge in [0.25, 0.3) is 0 Å². The second kappa shape index (κ2) is 7.11. The first-order chi connectivity index (χ1) is 9.33. The smallest absolute Gasteiger partial charge is 0.0991 e. The summed E-state index contributed by atoms with van der Waals surface area (Å²) in [6.07, 6.45) is 9.43. The van der Waals surface area contributed by atoms with E-state index in [0.29, 0.717) is 11.8 Å². The van der Waals surface area contributed by atoms with Crippen LogP contribution in [-0.2, 0) is 4.74 Å². The van der Waals surface area contributed by atoms with Crippen LogP contribution in [0.5, 0.6) is 0 Å². The van der Waals surface area contributed by atoms with Crippen LogP contribution in [0.25, 0.3) is 0 Å². The summed E-state index contributed by atoms with van der Waals surface area (Å²) >= 11 is 0. The molecule has 0 radical (unpaired) electrons. The van der Waals surface area contributed by atoms with E-state index < -0.39 is 0 Å². The predicted octanol–water partition coefficient (Wildman–Crippen LogP) is 4.03. The maximum atomic E-state index is 8.81. The van der Waals surface area contributed by atoms with Gasteiger partial charge in [-0.1, -0.05) is 24.3 Å². The van der Waals surface area contributed by atoms with E-state index in [-0.39, 0.29) is 0 Å². The average Bonchev–Trinajstić information content (AvgIpc) is 2.48. The van der Waals surface area contributed by atoms with Crippen molar-refractivity contribution in [2.24, 2.45) is 5.92 Å². The largest absolute Gasteiger partial charge is 0.381 e. The molecule has 0 saturated heterocycles. The fraction of sp³-hybridized carbons (Fsp3) is 0.471. The van der Waals surface area contributed by atoms with E-state index in [1.165, 1.54) is 31.2 Å². The third-order valence-electron chi connectivity index (χ3n) is 3.95. The van der Waals surface area contributed by atoms with E-state index in [1.807, 2.05) is 12.1 Å². The molecule has 0 aromatic heterocycles. The van der Waals surface area contributed by atoms with Crippen LogP contribution in [0.1, 0.15) is 42.7 Å². The quantitative estimate of drug-likeness (QED) is 0.761. The Kier molecular flexibility index (Phi) is 5.18. The summed E-state index contributed by atoms with van der Waals surface area (Å²) < 4.78 is 5.03. The van der Waals surface area contributed by atoms with E-state index in [1.54, 1.807) is 7.11 Å². The van der Waals surface area contributed by atoms with Crippen molar-refractivity contribution in [2.75, 3.05) is 13.7 Å². The fourth-order valence-electron chi connectivity index (χ4n) is 2.82. The maximum absolute atomic E-state index is 8.81. The molecule has 0 N–H and O–H groups in total. The molecular weight excluding hydrogens is 234 g/mol. The van der Waals surface area contributed by atoms with Gasteiger partial charge in [0.15, 0.2) is 0 Å². The highest BCUT2D eigenvalue weighted by molar-refractivity contribution is 5.33. The van der Waals surface area contributed by atoms with Gasteiger partial charge in [-0.3, -0.25) is 0 Å². The van der Waals surface area contributed by atoms with E-state index in [4.69, 9.17) is 10.00 Å². The molecule has 0 heterocycles. The number of benzene rings is 1. The molecule has 19 heavy (non-hydrogen) atoms. The molecule has 1 aliphatic rings. The first-order valence-corrected chi connectivity index (χ1v) is 6.99. The third-order valence-corrected chi connectivity index (χ3v) is 3.95. The van der Waals surface area contributed by atoms with Crippen LogP contribution < -0.4 is 0 Å². The molecule has 1 aliphatic carbocycles. The van der Waals surface area contributed by atoms with Crippen molar-refractivity contribution in [1.29, 1.82) is 5.26 Å².